The highest BCUT2D eigenvalue weighted by Gasteiger charge is 2.20. The molecule has 0 saturated carbocycles. The summed E-state index contributed by atoms with van der Waals surface area (Å²) in [5.41, 5.74) is 3.04. The van der Waals surface area contributed by atoms with Crippen LogP contribution in [0, 0.1) is 0 Å². The topological polar surface area (TPSA) is 38.3 Å². The molecule has 0 spiro atoms. The quantitative estimate of drug-likeness (QED) is 0.802. The second-order valence-corrected chi connectivity index (χ2v) is 6.74. The van der Waals surface area contributed by atoms with Crippen molar-refractivity contribution < 1.29 is 9.53 Å². The number of benzene rings is 2. The number of nitrogens with one attached hydrogen (secondary N) is 1. The van der Waals surface area contributed by atoms with E-state index in [0.717, 1.165) is 25.0 Å². The molecule has 1 atom stereocenters. The minimum absolute atomic E-state index is 0.257. The van der Waals surface area contributed by atoms with Crippen LogP contribution in [0.2, 0.25) is 10.0 Å². The molecule has 0 aliphatic heterocycles. The summed E-state index contributed by atoms with van der Waals surface area (Å²) in [6.45, 7) is 1.73. The number of anilines is 1. The number of amides is 1. The molecule has 5 heteroatoms. The number of fused-ring (bicyclic) bond motifs is 1. The van der Waals surface area contributed by atoms with Gasteiger partial charge in [0.1, 0.15) is 5.75 Å². The largest absolute Gasteiger partial charge is 0.481 e. The number of carbonyl (C=O) groups excluding carboxylic acids is 1. The molecular weight excluding hydrogens is 345 g/mol. The molecule has 0 heterocycles. The molecule has 0 fully saturated rings. The zero-order chi connectivity index (χ0) is 17.1. The fourth-order valence-corrected chi connectivity index (χ4v) is 3.28. The van der Waals surface area contributed by atoms with Gasteiger partial charge in [0.05, 0.1) is 15.7 Å². The Labute approximate surface area is 151 Å². The maximum atomic E-state index is 12.4. The van der Waals surface area contributed by atoms with E-state index in [1.54, 1.807) is 25.1 Å². The first kappa shape index (κ1) is 17.1. The third-order valence-electron chi connectivity index (χ3n) is 4.24. The summed E-state index contributed by atoms with van der Waals surface area (Å²) in [7, 11) is 0. The molecule has 1 N–H and O–H groups in total. The molecule has 0 radical (unpaired) electrons. The summed E-state index contributed by atoms with van der Waals surface area (Å²) in [6, 6.07) is 11.2. The van der Waals surface area contributed by atoms with Crippen molar-refractivity contribution in [2.75, 3.05) is 5.32 Å². The van der Waals surface area contributed by atoms with E-state index in [1.165, 1.54) is 17.5 Å². The van der Waals surface area contributed by atoms with Gasteiger partial charge in [0.2, 0.25) is 0 Å². The Hall–Kier alpha value is -1.71. The second kappa shape index (κ2) is 7.45. The van der Waals surface area contributed by atoms with Gasteiger partial charge in [0, 0.05) is 0 Å². The molecule has 1 aliphatic carbocycles. The van der Waals surface area contributed by atoms with Crippen molar-refractivity contribution in [1.29, 1.82) is 0 Å². The Balaban J connectivity index is 1.72. The predicted molar refractivity (Wildman–Crippen MR) is 98.3 cm³/mol. The normalized spacial score (nSPS) is 14.6. The molecule has 0 aromatic heterocycles. The van der Waals surface area contributed by atoms with Crippen LogP contribution in [0.3, 0.4) is 0 Å². The lowest BCUT2D eigenvalue weighted by Gasteiger charge is -2.22. The fraction of sp³-hybridized carbons (Fsp3) is 0.316. The van der Waals surface area contributed by atoms with Crippen molar-refractivity contribution >= 4 is 34.8 Å². The van der Waals surface area contributed by atoms with Crippen LogP contribution in [-0.2, 0) is 17.6 Å². The van der Waals surface area contributed by atoms with Gasteiger partial charge in [-0.05, 0) is 61.9 Å². The lowest BCUT2D eigenvalue weighted by Crippen LogP contribution is -2.30. The van der Waals surface area contributed by atoms with E-state index in [-0.39, 0.29) is 5.91 Å². The van der Waals surface area contributed by atoms with Gasteiger partial charge < -0.3 is 10.1 Å². The van der Waals surface area contributed by atoms with Crippen molar-refractivity contribution in [3.8, 4) is 5.75 Å². The van der Waals surface area contributed by atoms with Crippen molar-refractivity contribution in [1.82, 2.24) is 0 Å². The Kier molecular flexibility index (Phi) is 5.32. The summed E-state index contributed by atoms with van der Waals surface area (Å²) in [5.74, 6) is 0.541. The van der Waals surface area contributed by atoms with Gasteiger partial charge in [-0.1, -0.05) is 41.4 Å². The van der Waals surface area contributed by atoms with Crippen LogP contribution in [0.4, 0.5) is 5.69 Å². The number of hydrogen-bond acceptors (Lipinski definition) is 2. The van der Waals surface area contributed by atoms with Crippen LogP contribution in [-0.4, -0.2) is 12.0 Å². The Morgan fingerprint density at radius 2 is 1.88 bits per heavy atom. The zero-order valence-electron chi connectivity index (χ0n) is 13.4. The van der Waals surface area contributed by atoms with E-state index in [1.807, 2.05) is 12.1 Å². The number of carbonyl (C=O) groups is 1. The molecule has 1 unspecified atom stereocenters. The number of halogens is 2. The molecule has 2 aromatic rings. The number of aryl methyl sites for hydroxylation is 1. The van der Waals surface area contributed by atoms with Crippen molar-refractivity contribution in [2.45, 2.75) is 38.7 Å². The average Bonchev–Trinajstić information content (AvgIpc) is 2.59. The van der Waals surface area contributed by atoms with E-state index in [2.05, 4.69) is 11.4 Å². The highest BCUT2D eigenvalue weighted by molar-refractivity contribution is 6.44. The predicted octanol–water partition coefficient (Wildman–Crippen LogP) is 5.28. The van der Waals surface area contributed by atoms with Crippen molar-refractivity contribution in [3.63, 3.8) is 0 Å². The highest BCUT2D eigenvalue weighted by atomic mass is 35.5. The summed E-state index contributed by atoms with van der Waals surface area (Å²) in [6.07, 6.45) is 3.81. The van der Waals surface area contributed by atoms with Crippen molar-refractivity contribution in [2.24, 2.45) is 0 Å². The summed E-state index contributed by atoms with van der Waals surface area (Å²) in [5, 5.41) is 3.50. The van der Waals surface area contributed by atoms with Crippen LogP contribution < -0.4 is 10.1 Å². The number of ether oxygens (including phenoxy) is 1. The monoisotopic (exact) mass is 363 g/mol. The Morgan fingerprint density at radius 3 is 2.71 bits per heavy atom. The van der Waals surface area contributed by atoms with Gasteiger partial charge in [0.15, 0.2) is 6.10 Å². The lowest BCUT2D eigenvalue weighted by molar-refractivity contribution is -0.122. The number of hydrogen-bond donors (Lipinski definition) is 1. The van der Waals surface area contributed by atoms with Crippen LogP contribution in [0.1, 0.15) is 30.9 Å². The van der Waals surface area contributed by atoms with Gasteiger partial charge in [-0.15, -0.1) is 0 Å². The van der Waals surface area contributed by atoms with Gasteiger partial charge >= 0.3 is 0 Å². The maximum Gasteiger partial charge on any atom is 0.265 e. The molecule has 1 aliphatic rings. The van der Waals surface area contributed by atoms with Crippen LogP contribution in [0.25, 0.3) is 0 Å². The summed E-state index contributed by atoms with van der Waals surface area (Å²) >= 11 is 12.1. The van der Waals surface area contributed by atoms with E-state index in [9.17, 15) is 4.79 Å². The number of rotatable bonds is 4. The third kappa shape index (κ3) is 3.68. The van der Waals surface area contributed by atoms with Gasteiger partial charge in [-0.3, -0.25) is 4.79 Å². The van der Waals surface area contributed by atoms with Crippen molar-refractivity contribution in [3.05, 3.63) is 57.6 Å². The van der Waals surface area contributed by atoms with E-state index in [4.69, 9.17) is 27.9 Å². The fourth-order valence-electron chi connectivity index (χ4n) is 2.94. The van der Waals surface area contributed by atoms with E-state index >= 15 is 0 Å². The van der Waals surface area contributed by atoms with Crippen LogP contribution in [0.15, 0.2) is 36.4 Å². The first-order valence-electron chi connectivity index (χ1n) is 8.08. The molecule has 1 amide bonds. The molecule has 126 valence electrons. The molecule has 24 heavy (non-hydrogen) atoms. The van der Waals surface area contributed by atoms with Crippen LogP contribution in [0.5, 0.6) is 5.75 Å². The van der Waals surface area contributed by atoms with Gasteiger partial charge in [-0.2, -0.15) is 0 Å². The Bertz CT molecular complexity index is 761. The first-order chi connectivity index (χ1) is 11.6. The SMILES string of the molecule is CC(Oc1cccc2c1CCCC2)C(=O)Nc1cccc(Cl)c1Cl. The van der Waals surface area contributed by atoms with Gasteiger partial charge in [0.25, 0.3) is 5.91 Å². The Morgan fingerprint density at radius 1 is 1.12 bits per heavy atom. The summed E-state index contributed by atoms with van der Waals surface area (Å²) < 4.78 is 5.93. The maximum absolute atomic E-state index is 12.4. The van der Waals surface area contributed by atoms with Gasteiger partial charge in [-0.25, -0.2) is 0 Å². The minimum Gasteiger partial charge on any atom is -0.481 e. The lowest BCUT2D eigenvalue weighted by atomic mass is 9.91. The van der Waals surface area contributed by atoms with E-state index < -0.39 is 6.10 Å². The van der Waals surface area contributed by atoms with Crippen LogP contribution >= 0.6 is 23.2 Å². The minimum atomic E-state index is -0.631. The molecule has 3 nitrogen and oxygen atoms in total. The average molecular weight is 364 g/mol. The molecule has 0 bridgehead atoms. The zero-order valence-corrected chi connectivity index (χ0v) is 15.0. The molecular formula is C19H19Cl2NO2. The molecule has 0 saturated heterocycles. The second-order valence-electron chi connectivity index (χ2n) is 5.95. The third-order valence-corrected chi connectivity index (χ3v) is 5.05. The van der Waals surface area contributed by atoms with E-state index in [0.29, 0.717) is 15.7 Å². The molecule has 3 rings (SSSR count). The highest BCUT2D eigenvalue weighted by Crippen LogP contribution is 2.31. The standard InChI is InChI=1S/C19H19Cl2NO2/c1-12(19(23)22-16-10-5-9-15(20)18(16)21)24-17-11-4-7-13-6-2-3-8-14(13)17/h4-5,7,9-12H,2-3,6,8H2,1H3,(H,22,23). The summed E-state index contributed by atoms with van der Waals surface area (Å²) in [4.78, 5) is 12.4. The first-order valence-corrected chi connectivity index (χ1v) is 8.84. The smallest absolute Gasteiger partial charge is 0.265 e. The molecule has 2 aromatic carbocycles.